The number of rotatable bonds is 2. The Labute approximate surface area is 78.4 Å². The van der Waals surface area contributed by atoms with E-state index in [9.17, 15) is 22.0 Å². The van der Waals surface area contributed by atoms with Crippen LogP contribution in [0, 0.1) is 0 Å². The fourth-order valence-corrected chi connectivity index (χ4v) is 0.837. The Morgan fingerprint density at radius 1 is 1.25 bits per heavy atom. The molecule has 72 valence electrons. The largest absolute Gasteiger partial charge is 0.515 e. The van der Waals surface area contributed by atoms with Gasteiger partial charge in [-0.05, 0) is 22.6 Å². The van der Waals surface area contributed by atoms with Crippen LogP contribution in [0.1, 0.15) is 6.42 Å². The molecular formula is C5H4F5IO. The van der Waals surface area contributed by atoms with Gasteiger partial charge in [-0.2, -0.15) is 22.0 Å². The predicted molar refractivity (Wildman–Crippen MR) is 40.4 cm³/mol. The highest BCUT2D eigenvalue weighted by Crippen LogP contribution is 2.40. The molecule has 0 atom stereocenters. The molecule has 0 aliphatic carbocycles. The summed E-state index contributed by atoms with van der Waals surface area (Å²) in [6, 6.07) is 0. The molecule has 0 saturated heterocycles. The van der Waals surface area contributed by atoms with Crippen molar-refractivity contribution in [3.05, 3.63) is 9.84 Å². The van der Waals surface area contributed by atoms with Crippen molar-refractivity contribution in [2.45, 2.75) is 18.5 Å². The summed E-state index contributed by atoms with van der Waals surface area (Å²) in [4.78, 5) is 0. The molecule has 0 aromatic rings. The first kappa shape index (κ1) is 11.9. The number of aliphatic hydroxyl groups is 1. The van der Waals surface area contributed by atoms with E-state index < -0.39 is 22.1 Å². The summed E-state index contributed by atoms with van der Waals surface area (Å²) in [5, 5.41) is 8.09. The average molecular weight is 302 g/mol. The summed E-state index contributed by atoms with van der Waals surface area (Å²) in [5.41, 5.74) is 0. The molecule has 0 aliphatic rings. The van der Waals surface area contributed by atoms with Crippen molar-refractivity contribution in [1.29, 1.82) is 0 Å². The van der Waals surface area contributed by atoms with Gasteiger partial charge in [0.15, 0.2) is 0 Å². The maximum absolute atomic E-state index is 12.1. The van der Waals surface area contributed by atoms with E-state index in [1.54, 1.807) is 0 Å². The average Bonchev–Trinajstić information content (AvgIpc) is 1.84. The van der Waals surface area contributed by atoms with E-state index in [0.717, 1.165) is 0 Å². The molecule has 0 saturated carbocycles. The Balaban J connectivity index is 4.44. The van der Waals surface area contributed by atoms with Gasteiger partial charge in [-0.15, -0.1) is 0 Å². The molecule has 1 nitrogen and oxygen atoms in total. The minimum Gasteiger partial charge on any atom is -0.515 e. The minimum absolute atomic E-state index is 0.222. The van der Waals surface area contributed by atoms with Crippen LogP contribution in [0.3, 0.4) is 0 Å². The molecule has 0 heterocycles. The zero-order chi connectivity index (χ0) is 9.99. The third-order valence-electron chi connectivity index (χ3n) is 0.946. The minimum atomic E-state index is -5.56. The molecule has 7 heteroatoms. The van der Waals surface area contributed by atoms with Gasteiger partial charge in [-0.1, -0.05) is 0 Å². The molecule has 0 rings (SSSR count). The second kappa shape index (κ2) is 3.75. The first-order valence-electron chi connectivity index (χ1n) is 2.64. The Morgan fingerprint density at radius 2 is 1.67 bits per heavy atom. The third kappa shape index (κ3) is 3.11. The quantitative estimate of drug-likeness (QED) is 0.471. The van der Waals surface area contributed by atoms with Crippen molar-refractivity contribution < 1.29 is 27.1 Å². The summed E-state index contributed by atoms with van der Waals surface area (Å²) in [6.45, 7) is 0. The molecule has 0 amide bonds. The number of aliphatic hydroxyl groups excluding tert-OH is 1. The smallest absolute Gasteiger partial charge is 0.453 e. The number of halogens is 6. The van der Waals surface area contributed by atoms with E-state index in [1.807, 2.05) is 0 Å². The lowest BCUT2D eigenvalue weighted by molar-refractivity contribution is -0.280. The Kier molecular flexibility index (Phi) is 3.73. The normalized spacial score (nSPS) is 15.0. The van der Waals surface area contributed by atoms with Crippen molar-refractivity contribution in [2.24, 2.45) is 0 Å². The molecule has 0 fully saturated rings. The molecule has 1 N–H and O–H groups in total. The van der Waals surface area contributed by atoms with E-state index in [1.165, 1.54) is 22.6 Å². The van der Waals surface area contributed by atoms with Crippen LogP contribution in [-0.2, 0) is 0 Å². The molecule has 0 radical (unpaired) electrons. The van der Waals surface area contributed by atoms with Crippen molar-refractivity contribution in [2.75, 3.05) is 0 Å². The fraction of sp³-hybridized carbons (Fsp3) is 0.600. The molecule has 0 unspecified atom stereocenters. The summed E-state index contributed by atoms with van der Waals surface area (Å²) in [7, 11) is 0. The van der Waals surface area contributed by atoms with Crippen LogP contribution in [0.25, 0.3) is 0 Å². The maximum Gasteiger partial charge on any atom is 0.453 e. The van der Waals surface area contributed by atoms with Gasteiger partial charge >= 0.3 is 12.1 Å². The van der Waals surface area contributed by atoms with Gasteiger partial charge in [0.1, 0.15) is 0 Å². The van der Waals surface area contributed by atoms with Crippen LogP contribution in [0.4, 0.5) is 22.0 Å². The highest BCUT2D eigenvalue weighted by molar-refractivity contribution is 14.1. The molecule has 12 heavy (non-hydrogen) atoms. The van der Waals surface area contributed by atoms with Gasteiger partial charge in [0.05, 0.1) is 12.7 Å². The van der Waals surface area contributed by atoms with Crippen molar-refractivity contribution in [3.63, 3.8) is 0 Å². The summed E-state index contributed by atoms with van der Waals surface area (Å²) in [5.74, 6) is -4.78. The standard InChI is InChI=1S/C5H4F5IO/c6-4(7,5(8,9)10)1-3(11)2-12/h2,12H,1H2. The monoisotopic (exact) mass is 302 g/mol. The summed E-state index contributed by atoms with van der Waals surface area (Å²) < 4.78 is 58.1. The second-order valence-corrected chi connectivity index (χ2v) is 3.34. The molecule has 0 bridgehead atoms. The van der Waals surface area contributed by atoms with Gasteiger partial charge < -0.3 is 5.11 Å². The first-order chi connectivity index (χ1) is 5.20. The number of alkyl halides is 5. The molecule has 0 aromatic carbocycles. The number of hydrogen-bond acceptors (Lipinski definition) is 1. The highest BCUT2D eigenvalue weighted by atomic mass is 127. The van der Waals surface area contributed by atoms with Crippen molar-refractivity contribution >= 4 is 22.6 Å². The molecule has 0 spiro atoms. The molecule has 0 aromatic heterocycles. The van der Waals surface area contributed by atoms with Gasteiger partial charge in [0.25, 0.3) is 0 Å². The Bertz CT molecular complexity index is 185. The van der Waals surface area contributed by atoms with E-state index >= 15 is 0 Å². The predicted octanol–water partition coefficient (Wildman–Crippen LogP) is 3.41. The van der Waals surface area contributed by atoms with Crippen LogP contribution in [0.2, 0.25) is 0 Å². The zero-order valence-electron chi connectivity index (χ0n) is 5.50. The van der Waals surface area contributed by atoms with Gasteiger partial charge in [0, 0.05) is 3.58 Å². The Morgan fingerprint density at radius 3 is 1.92 bits per heavy atom. The lowest BCUT2D eigenvalue weighted by Gasteiger charge is -2.18. The number of allylic oxidation sites excluding steroid dienone is 1. The first-order valence-corrected chi connectivity index (χ1v) is 3.72. The SMILES string of the molecule is OC=C(I)CC(F)(F)C(F)(F)F. The number of hydrogen-bond donors (Lipinski definition) is 1. The van der Waals surface area contributed by atoms with Crippen LogP contribution < -0.4 is 0 Å². The van der Waals surface area contributed by atoms with Crippen LogP contribution in [0.5, 0.6) is 0 Å². The Hall–Kier alpha value is -0.0800. The van der Waals surface area contributed by atoms with E-state index in [2.05, 4.69) is 0 Å². The van der Waals surface area contributed by atoms with Crippen molar-refractivity contribution in [1.82, 2.24) is 0 Å². The highest BCUT2D eigenvalue weighted by Gasteiger charge is 2.57. The van der Waals surface area contributed by atoms with Crippen molar-refractivity contribution in [3.8, 4) is 0 Å². The fourth-order valence-electron chi connectivity index (χ4n) is 0.358. The molecule has 0 aliphatic heterocycles. The van der Waals surface area contributed by atoms with Gasteiger partial charge in [-0.3, -0.25) is 0 Å². The second-order valence-electron chi connectivity index (χ2n) is 1.95. The van der Waals surface area contributed by atoms with Gasteiger partial charge in [-0.25, -0.2) is 0 Å². The summed E-state index contributed by atoms with van der Waals surface area (Å²) in [6.07, 6.45) is -6.86. The van der Waals surface area contributed by atoms with E-state index in [4.69, 9.17) is 5.11 Å². The molecular weight excluding hydrogens is 298 g/mol. The summed E-state index contributed by atoms with van der Waals surface area (Å²) >= 11 is 1.20. The van der Waals surface area contributed by atoms with Crippen LogP contribution in [0.15, 0.2) is 9.84 Å². The topological polar surface area (TPSA) is 20.2 Å². The van der Waals surface area contributed by atoms with Gasteiger partial charge in [0.2, 0.25) is 0 Å². The third-order valence-corrected chi connectivity index (χ3v) is 1.61. The zero-order valence-corrected chi connectivity index (χ0v) is 7.66. The van der Waals surface area contributed by atoms with Crippen LogP contribution >= 0.6 is 22.6 Å². The van der Waals surface area contributed by atoms with E-state index in [0.29, 0.717) is 0 Å². The lowest BCUT2D eigenvalue weighted by atomic mass is 10.2. The lowest BCUT2D eigenvalue weighted by Crippen LogP contribution is -2.36. The maximum atomic E-state index is 12.1. The van der Waals surface area contributed by atoms with E-state index in [-0.39, 0.29) is 6.26 Å². The van der Waals surface area contributed by atoms with Crippen LogP contribution in [-0.4, -0.2) is 17.2 Å².